The maximum atomic E-state index is 4.06. The maximum Gasteiger partial charge on any atom is 0.0297 e. The van der Waals surface area contributed by atoms with Crippen molar-refractivity contribution in [2.45, 2.75) is 46.2 Å². The summed E-state index contributed by atoms with van der Waals surface area (Å²) in [6.45, 7) is 8.81. The summed E-state index contributed by atoms with van der Waals surface area (Å²) in [6, 6.07) is 11.6. The zero-order valence-corrected chi connectivity index (χ0v) is 12.9. The molecule has 0 fully saturated rings. The molecule has 0 spiro atoms. The minimum atomic E-state index is 0.367. The van der Waals surface area contributed by atoms with Crippen molar-refractivity contribution in [3.05, 3.63) is 65.0 Å². The Morgan fingerprint density at radius 1 is 1.05 bits per heavy atom. The second-order valence-corrected chi connectivity index (χ2v) is 5.71. The number of nitrogens with zero attached hydrogens (tertiary/aromatic N) is 1. The normalized spacial score (nSPS) is 14.0. The van der Waals surface area contributed by atoms with E-state index in [2.05, 4.69) is 68.3 Å². The van der Waals surface area contributed by atoms with Gasteiger partial charge < -0.3 is 5.32 Å². The fraction of sp³-hybridized carbons (Fsp3) is 0.389. The van der Waals surface area contributed by atoms with E-state index in [1.165, 1.54) is 22.3 Å². The van der Waals surface area contributed by atoms with Gasteiger partial charge in [-0.1, -0.05) is 23.8 Å². The van der Waals surface area contributed by atoms with E-state index in [0.717, 1.165) is 6.42 Å². The molecule has 2 nitrogen and oxygen atoms in total. The number of aromatic nitrogens is 1. The van der Waals surface area contributed by atoms with Gasteiger partial charge in [0.05, 0.1) is 0 Å². The van der Waals surface area contributed by atoms with E-state index in [1.807, 2.05) is 12.4 Å². The van der Waals surface area contributed by atoms with Crippen LogP contribution in [-0.4, -0.2) is 11.0 Å². The Morgan fingerprint density at radius 3 is 2.45 bits per heavy atom. The molecule has 0 saturated carbocycles. The van der Waals surface area contributed by atoms with Gasteiger partial charge in [0.2, 0.25) is 0 Å². The molecule has 2 rings (SSSR count). The van der Waals surface area contributed by atoms with Crippen molar-refractivity contribution in [1.29, 1.82) is 0 Å². The molecule has 2 aromatic rings. The van der Waals surface area contributed by atoms with Crippen molar-refractivity contribution in [1.82, 2.24) is 10.3 Å². The molecule has 1 heterocycles. The van der Waals surface area contributed by atoms with Crippen LogP contribution in [0.5, 0.6) is 0 Å². The first-order chi connectivity index (χ1) is 9.56. The number of hydrogen-bond donors (Lipinski definition) is 1. The lowest BCUT2D eigenvalue weighted by atomic mass is 9.98. The lowest BCUT2D eigenvalue weighted by molar-refractivity contribution is 0.475. The molecule has 1 aromatic carbocycles. The quantitative estimate of drug-likeness (QED) is 0.887. The third-order valence-corrected chi connectivity index (χ3v) is 3.73. The highest BCUT2D eigenvalue weighted by Crippen LogP contribution is 2.19. The van der Waals surface area contributed by atoms with Crippen LogP contribution < -0.4 is 5.32 Å². The Hall–Kier alpha value is -1.67. The van der Waals surface area contributed by atoms with E-state index in [1.54, 1.807) is 0 Å². The smallest absolute Gasteiger partial charge is 0.0297 e. The average molecular weight is 268 g/mol. The molecule has 20 heavy (non-hydrogen) atoms. The fourth-order valence-electron chi connectivity index (χ4n) is 2.67. The fourth-order valence-corrected chi connectivity index (χ4v) is 2.67. The number of aryl methyl sites for hydroxylation is 2. The molecule has 1 N–H and O–H groups in total. The molecule has 0 bridgehead atoms. The Kier molecular flexibility index (Phi) is 4.91. The predicted molar refractivity (Wildman–Crippen MR) is 84.9 cm³/mol. The summed E-state index contributed by atoms with van der Waals surface area (Å²) in [4.78, 5) is 4.06. The summed E-state index contributed by atoms with van der Waals surface area (Å²) in [5.74, 6) is 0. The van der Waals surface area contributed by atoms with Crippen LogP contribution in [0.3, 0.4) is 0 Å². The van der Waals surface area contributed by atoms with Crippen LogP contribution in [0.2, 0.25) is 0 Å². The van der Waals surface area contributed by atoms with Gasteiger partial charge in [0, 0.05) is 24.5 Å². The summed E-state index contributed by atoms with van der Waals surface area (Å²) in [7, 11) is 0. The van der Waals surface area contributed by atoms with Crippen LogP contribution in [0.15, 0.2) is 42.7 Å². The van der Waals surface area contributed by atoms with Gasteiger partial charge in [0.15, 0.2) is 0 Å². The molecular formula is C18H24N2. The zero-order chi connectivity index (χ0) is 14.5. The average Bonchev–Trinajstić information content (AvgIpc) is 2.42. The molecule has 2 heteroatoms. The minimum absolute atomic E-state index is 0.367. The third-order valence-electron chi connectivity index (χ3n) is 3.73. The number of pyridine rings is 1. The summed E-state index contributed by atoms with van der Waals surface area (Å²) in [6.07, 6.45) is 4.74. The molecule has 106 valence electrons. The van der Waals surface area contributed by atoms with Gasteiger partial charge in [-0.25, -0.2) is 0 Å². The van der Waals surface area contributed by atoms with E-state index in [-0.39, 0.29) is 0 Å². The largest absolute Gasteiger partial charge is 0.307 e. The van der Waals surface area contributed by atoms with Gasteiger partial charge in [0.25, 0.3) is 0 Å². The van der Waals surface area contributed by atoms with Crippen LogP contribution in [0.25, 0.3) is 0 Å². The van der Waals surface area contributed by atoms with Gasteiger partial charge >= 0.3 is 0 Å². The highest BCUT2D eigenvalue weighted by Gasteiger charge is 2.12. The Labute approximate surface area is 122 Å². The topological polar surface area (TPSA) is 24.9 Å². The van der Waals surface area contributed by atoms with Gasteiger partial charge in [-0.15, -0.1) is 0 Å². The van der Waals surface area contributed by atoms with Crippen LogP contribution in [0.1, 0.15) is 42.1 Å². The lowest BCUT2D eigenvalue weighted by Crippen LogP contribution is -2.31. The Balaban J connectivity index is 2.00. The van der Waals surface area contributed by atoms with Crippen molar-refractivity contribution < 1.29 is 0 Å². The first-order valence-corrected chi connectivity index (χ1v) is 7.28. The summed E-state index contributed by atoms with van der Waals surface area (Å²) >= 11 is 0. The number of nitrogens with one attached hydrogen (secondary N) is 1. The Bertz CT molecular complexity index is 549. The third kappa shape index (κ3) is 3.91. The highest BCUT2D eigenvalue weighted by molar-refractivity contribution is 5.32. The van der Waals surface area contributed by atoms with Crippen LogP contribution in [-0.2, 0) is 6.42 Å². The molecule has 2 atom stereocenters. The van der Waals surface area contributed by atoms with Gasteiger partial charge in [-0.3, -0.25) is 4.98 Å². The molecule has 0 aliphatic rings. The van der Waals surface area contributed by atoms with Gasteiger partial charge in [0.1, 0.15) is 0 Å². The number of hydrogen-bond acceptors (Lipinski definition) is 2. The number of benzene rings is 1. The molecule has 0 aliphatic heterocycles. The monoisotopic (exact) mass is 268 g/mol. The molecular weight excluding hydrogens is 244 g/mol. The van der Waals surface area contributed by atoms with Crippen LogP contribution in [0.4, 0.5) is 0 Å². The molecule has 1 aromatic heterocycles. The summed E-state index contributed by atoms with van der Waals surface area (Å²) in [5, 5.41) is 3.69. The first-order valence-electron chi connectivity index (χ1n) is 7.28. The Morgan fingerprint density at radius 2 is 1.75 bits per heavy atom. The zero-order valence-electron chi connectivity index (χ0n) is 12.9. The van der Waals surface area contributed by atoms with E-state index in [0.29, 0.717) is 12.1 Å². The van der Waals surface area contributed by atoms with Crippen molar-refractivity contribution in [2.24, 2.45) is 0 Å². The van der Waals surface area contributed by atoms with Gasteiger partial charge in [-0.05, 0) is 62.9 Å². The number of rotatable bonds is 5. The molecule has 0 unspecified atom stereocenters. The molecule has 0 radical (unpaired) electrons. The van der Waals surface area contributed by atoms with E-state index in [9.17, 15) is 0 Å². The highest BCUT2D eigenvalue weighted by atomic mass is 14.9. The molecule has 0 amide bonds. The van der Waals surface area contributed by atoms with Crippen LogP contribution in [0, 0.1) is 13.8 Å². The van der Waals surface area contributed by atoms with Gasteiger partial charge in [-0.2, -0.15) is 0 Å². The molecule has 0 saturated heterocycles. The summed E-state index contributed by atoms with van der Waals surface area (Å²) < 4.78 is 0. The standard InChI is InChI=1S/C18H24N2/c1-13-5-6-14(2)18(11-13)16(4)20-15(3)12-17-7-9-19-10-8-17/h5-11,15-16,20H,12H2,1-4H3/t15-,16-/m1/s1. The SMILES string of the molecule is Cc1ccc(C)c([C@@H](C)N[C@H](C)Cc2ccncc2)c1. The second kappa shape index (κ2) is 6.67. The van der Waals surface area contributed by atoms with Crippen molar-refractivity contribution in [2.75, 3.05) is 0 Å². The van der Waals surface area contributed by atoms with Crippen molar-refractivity contribution in [3.63, 3.8) is 0 Å². The molecule has 0 aliphatic carbocycles. The minimum Gasteiger partial charge on any atom is -0.307 e. The maximum absolute atomic E-state index is 4.06. The first kappa shape index (κ1) is 14.7. The van der Waals surface area contributed by atoms with Crippen molar-refractivity contribution >= 4 is 0 Å². The summed E-state index contributed by atoms with van der Waals surface area (Å²) in [5.41, 5.74) is 5.40. The van der Waals surface area contributed by atoms with Crippen molar-refractivity contribution in [3.8, 4) is 0 Å². The van der Waals surface area contributed by atoms with E-state index in [4.69, 9.17) is 0 Å². The van der Waals surface area contributed by atoms with Crippen LogP contribution >= 0.6 is 0 Å². The van der Waals surface area contributed by atoms with E-state index < -0.39 is 0 Å². The second-order valence-electron chi connectivity index (χ2n) is 5.71. The van der Waals surface area contributed by atoms with E-state index >= 15 is 0 Å². The predicted octanol–water partition coefficient (Wildman–Crippen LogP) is 3.98. The lowest BCUT2D eigenvalue weighted by Gasteiger charge is -2.22.